The Balaban J connectivity index is 0.717. The molecule has 8 fully saturated rings. The number of benzene rings is 1. The molecule has 29 atom stereocenters. The first-order valence-electron chi connectivity index (χ1n) is 31.0. The van der Waals surface area contributed by atoms with E-state index < -0.39 is 187 Å². The van der Waals surface area contributed by atoms with Gasteiger partial charge in [-0.25, -0.2) is 4.79 Å². The zero-order valence-corrected chi connectivity index (χ0v) is 51.6. The Hall–Kier alpha value is -3.00. The lowest BCUT2D eigenvalue weighted by atomic mass is 9.42. The zero-order chi connectivity index (χ0) is 62.7. The molecule has 5 heterocycles. The molecule has 3 saturated carbocycles. The normalized spacial score (nSPS) is 49.3. The molecule has 24 nitrogen and oxygen atoms in total. The number of rotatable bonds is 18. The van der Waals surface area contributed by atoms with E-state index in [-0.39, 0.29) is 51.0 Å². The van der Waals surface area contributed by atoms with Gasteiger partial charge in [0.15, 0.2) is 37.2 Å². The molecule has 87 heavy (non-hydrogen) atoms. The number of hydrogen-bond acceptors (Lipinski definition) is 24. The van der Waals surface area contributed by atoms with Crippen LogP contribution in [-0.2, 0) is 75.9 Å². The highest BCUT2D eigenvalue weighted by atomic mass is 16.8. The number of methoxy groups -OCH3 is 3. The molecule has 5 saturated heterocycles. The van der Waals surface area contributed by atoms with Crippen LogP contribution < -0.4 is 0 Å². The first-order valence-corrected chi connectivity index (χ1v) is 31.0. The summed E-state index contributed by atoms with van der Waals surface area (Å²) < 4.78 is 87.4. The predicted molar refractivity (Wildman–Crippen MR) is 303 cm³/mol. The van der Waals surface area contributed by atoms with Gasteiger partial charge in [0.1, 0.15) is 71.7 Å². The van der Waals surface area contributed by atoms with E-state index in [9.17, 15) is 50.4 Å². The van der Waals surface area contributed by atoms with Crippen molar-refractivity contribution in [1.82, 2.24) is 0 Å². The van der Waals surface area contributed by atoms with Crippen molar-refractivity contribution in [3.8, 4) is 0 Å². The largest absolute Gasteiger partial charge is 0.458 e. The monoisotopic (exact) mass is 1230 g/mol. The van der Waals surface area contributed by atoms with E-state index in [0.717, 1.165) is 11.1 Å². The third kappa shape index (κ3) is 12.3. The molecule has 4 aliphatic carbocycles. The van der Waals surface area contributed by atoms with Gasteiger partial charge in [-0.1, -0.05) is 48.9 Å². The number of hydrogen-bond donors (Lipinski definition) is 8. The Morgan fingerprint density at radius 3 is 1.71 bits per heavy atom. The molecule has 0 radical (unpaired) electrons. The maximum atomic E-state index is 13.6. The highest BCUT2D eigenvalue weighted by molar-refractivity contribution is 5.88. The van der Waals surface area contributed by atoms with Crippen molar-refractivity contribution in [2.75, 3.05) is 27.9 Å². The predicted octanol–water partition coefficient (Wildman–Crippen LogP) is 2.41. The fraction of sp³-hybridized carbons (Fsp3) is 0.810. The fourth-order valence-corrected chi connectivity index (χ4v) is 16.3. The molecule has 0 unspecified atom stereocenters. The smallest absolute Gasteiger partial charge is 0.331 e. The Morgan fingerprint density at radius 2 is 1.17 bits per heavy atom. The average Bonchev–Trinajstić information content (AvgIpc) is 1.61. The summed E-state index contributed by atoms with van der Waals surface area (Å²) in [4.78, 5) is 27.0. The molecule has 490 valence electrons. The van der Waals surface area contributed by atoms with Gasteiger partial charge in [0.25, 0.3) is 0 Å². The molecular weight excluding hydrogens is 1140 g/mol. The number of Topliss-reactive ketones (excluding diaryl/α,β-unsaturated/α-hetero) is 1. The van der Waals surface area contributed by atoms with E-state index in [2.05, 4.69) is 6.92 Å². The highest BCUT2D eigenvalue weighted by Gasteiger charge is 2.81. The van der Waals surface area contributed by atoms with Gasteiger partial charge in [-0.05, 0) is 104 Å². The standard InChI is InChI=1S/C63H94O24/c1-31-54(84-49-28-42(76-10)57(34(4)80-49)87-58-53(70)52(69)51(68)43(30-64)82-58)39(66)25-47(77-31)85-55-33(3)79-50(27-41(55)75-9)86-56-32(2)78-48(26-40(56)74-8)81-38-19-20-59(6)37(24-38)18-21-62(72)44(59)29-45(83-46(67)17-16-36-14-12-11-13-15-36)60(7)61(71,35(5)65)22-23-63(60,62)73/h11-18,31-34,38-45,47-58,64,66,68-73H,19-30H2,1-10H3/t31-,32-,33-,34-,38+,39+,40+,41-,42+,43-,44-,45-,47+,48+,49+,50+,51-,52+,53-,54-,55-,56-,57-,58+,59+,60-,61-,62+,63-/m1/s1. The summed E-state index contributed by atoms with van der Waals surface area (Å²) in [6, 6.07) is 9.25. The van der Waals surface area contributed by atoms with Gasteiger partial charge in [0.05, 0.1) is 67.0 Å². The highest BCUT2D eigenvalue weighted by Crippen LogP contribution is 2.71. The van der Waals surface area contributed by atoms with Crippen LogP contribution >= 0.6 is 0 Å². The third-order valence-corrected chi connectivity index (χ3v) is 21.4. The second-order valence-electron chi connectivity index (χ2n) is 26.2. The van der Waals surface area contributed by atoms with Crippen molar-refractivity contribution in [1.29, 1.82) is 0 Å². The Bertz CT molecular complexity index is 2560. The number of aliphatic hydroxyl groups is 8. The number of esters is 1. The van der Waals surface area contributed by atoms with E-state index in [1.807, 2.05) is 50.3 Å². The van der Waals surface area contributed by atoms with Crippen molar-refractivity contribution < 1.29 is 117 Å². The van der Waals surface area contributed by atoms with Crippen molar-refractivity contribution in [2.45, 2.75) is 277 Å². The molecule has 9 aliphatic rings. The molecular formula is C63H94O24. The van der Waals surface area contributed by atoms with Gasteiger partial charge in [-0.2, -0.15) is 0 Å². The third-order valence-electron chi connectivity index (χ3n) is 21.4. The van der Waals surface area contributed by atoms with Crippen LogP contribution in [0.1, 0.15) is 125 Å². The summed E-state index contributed by atoms with van der Waals surface area (Å²) in [6.45, 7) is 11.6. The van der Waals surface area contributed by atoms with Crippen LogP contribution in [0.4, 0.5) is 0 Å². The van der Waals surface area contributed by atoms with Crippen LogP contribution in [0.15, 0.2) is 48.1 Å². The molecule has 8 N–H and O–H groups in total. The molecule has 10 rings (SSSR count). The molecule has 5 aliphatic heterocycles. The van der Waals surface area contributed by atoms with E-state index in [0.29, 0.717) is 25.7 Å². The quantitative estimate of drug-likeness (QED) is 0.0594. The minimum Gasteiger partial charge on any atom is -0.458 e. The number of carbonyl (C=O) groups is 2. The number of ether oxygens (including phenoxy) is 14. The molecule has 0 aromatic heterocycles. The van der Waals surface area contributed by atoms with E-state index in [1.165, 1.54) is 20.1 Å². The Kier molecular flexibility index (Phi) is 20.4. The Labute approximate surface area is 508 Å². The summed E-state index contributed by atoms with van der Waals surface area (Å²) in [5, 5.41) is 90.5. The number of aliphatic hydroxyl groups excluding tert-OH is 5. The maximum absolute atomic E-state index is 13.6. The Morgan fingerprint density at radius 1 is 0.644 bits per heavy atom. The minimum atomic E-state index is -2.07. The van der Waals surface area contributed by atoms with Crippen molar-refractivity contribution in [3.05, 3.63) is 53.6 Å². The molecule has 1 aromatic rings. The summed E-state index contributed by atoms with van der Waals surface area (Å²) in [5.74, 6) is -1.86. The van der Waals surface area contributed by atoms with E-state index >= 15 is 0 Å². The lowest BCUT2D eigenvalue weighted by molar-refractivity contribution is -0.358. The lowest BCUT2D eigenvalue weighted by Gasteiger charge is -2.67. The van der Waals surface area contributed by atoms with Gasteiger partial charge in [-0.3, -0.25) is 4.79 Å². The fourth-order valence-electron chi connectivity index (χ4n) is 16.3. The first-order chi connectivity index (χ1) is 41.2. The van der Waals surface area contributed by atoms with Crippen LogP contribution in [-0.4, -0.2) is 239 Å². The molecule has 1 aromatic carbocycles. The van der Waals surface area contributed by atoms with Crippen LogP contribution in [0, 0.1) is 16.7 Å². The van der Waals surface area contributed by atoms with Crippen molar-refractivity contribution in [3.63, 3.8) is 0 Å². The van der Waals surface area contributed by atoms with Crippen LogP contribution in [0.2, 0.25) is 0 Å². The number of ketones is 1. The van der Waals surface area contributed by atoms with Crippen molar-refractivity contribution in [2.24, 2.45) is 16.7 Å². The summed E-state index contributed by atoms with van der Waals surface area (Å²) in [7, 11) is 4.68. The second-order valence-corrected chi connectivity index (χ2v) is 26.2. The van der Waals surface area contributed by atoms with Gasteiger partial charge < -0.3 is 107 Å². The van der Waals surface area contributed by atoms with Crippen LogP contribution in [0.5, 0.6) is 0 Å². The summed E-state index contributed by atoms with van der Waals surface area (Å²) in [5.41, 5.74) is -6.39. The molecule has 24 heteroatoms. The second kappa shape index (κ2) is 26.5. The van der Waals surface area contributed by atoms with Crippen molar-refractivity contribution >= 4 is 17.8 Å². The zero-order valence-electron chi connectivity index (χ0n) is 51.6. The van der Waals surface area contributed by atoms with Crippen LogP contribution in [0.25, 0.3) is 6.08 Å². The first kappa shape index (κ1) is 66.9. The van der Waals surface area contributed by atoms with Gasteiger partial charge >= 0.3 is 5.97 Å². The van der Waals surface area contributed by atoms with Gasteiger partial charge in [0.2, 0.25) is 0 Å². The van der Waals surface area contributed by atoms with E-state index in [1.54, 1.807) is 41.1 Å². The minimum absolute atomic E-state index is 0.0527. The number of carbonyl (C=O) groups excluding carboxylic acids is 2. The van der Waals surface area contributed by atoms with Gasteiger partial charge in [0, 0.05) is 59.0 Å². The SMILES string of the molecule is CO[C@H]1C[C@H](O[C@H]2CC[C@@]3(C)C(=CC[C@]4(O)[C@@H]3C[C@@H](OC(=O)C=Cc3ccccc3)[C@@]3(C)[C@]4(O)CC[C@@]3(O)C(C)=O)C2)O[C@H](C)[C@H]1O[C@H]1C[C@@H](OC)[C@H](O[C@H]2C[C@H](O)[C@H](O[C@H]3C[C@H](OC)[C@H](O[C@@H]4O[C@H](CO)[C@@H](O)[C@H](O)[C@H]4O)[C@@H](C)O3)[C@@H](C)O2)[C@@H](C)O1. The maximum Gasteiger partial charge on any atom is 0.331 e. The van der Waals surface area contributed by atoms with Gasteiger partial charge in [-0.15, -0.1) is 0 Å². The summed E-state index contributed by atoms with van der Waals surface area (Å²) in [6.07, 6.45) is -12.3. The van der Waals surface area contributed by atoms with E-state index in [4.69, 9.17) is 66.3 Å². The lowest BCUT2D eigenvalue weighted by Crippen LogP contribution is -2.78. The van der Waals surface area contributed by atoms with Crippen LogP contribution in [0.3, 0.4) is 0 Å². The average molecular weight is 1240 g/mol. The number of fused-ring (bicyclic) bond motifs is 5. The molecule has 0 spiro atoms. The molecule has 0 bridgehead atoms. The molecule has 0 amide bonds. The summed E-state index contributed by atoms with van der Waals surface area (Å²) >= 11 is 0. The topological polar surface area (TPSA) is 325 Å².